The van der Waals surface area contributed by atoms with Crippen molar-refractivity contribution in [3.63, 3.8) is 0 Å². The van der Waals surface area contributed by atoms with E-state index in [0.717, 1.165) is 6.42 Å². The van der Waals surface area contributed by atoms with E-state index >= 15 is 0 Å². The molecule has 4 heteroatoms. The summed E-state index contributed by atoms with van der Waals surface area (Å²) in [4.78, 5) is 0. The first-order valence-electron chi connectivity index (χ1n) is 3.92. The quantitative estimate of drug-likeness (QED) is 0.657. The van der Waals surface area contributed by atoms with Gasteiger partial charge in [0.25, 0.3) is 0 Å². The Morgan fingerprint density at radius 2 is 2.09 bits per heavy atom. The average Bonchev–Trinajstić information content (AvgIpc) is 1.99. The van der Waals surface area contributed by atoms with Crippen molar-refractivity contribution in [3.8, 4) is 0 Å². The molecule has 0 rings (SSSR count). The Bertz CT molecular complexity index is 125. The van der Waals surface area contributed by atoms with Gasteiger partial charge in [0.1, 0.15) is 6.35 Å². The fourth-order valence-corrected chi connectivity index (χ4v) is 1.75. The summed E-state index contributed by atoms with van der Waals surface area (Å²) in [6.45, 7) is 6.01. The minimum atomic E-state index is -2.18. The van der Waals surface area contributed by atoms with Crippen LogP contribution in [0.25, 0.3) is 0 Å². The van der Waals surface area contributed by atoms with Crippen molar-refractivity contribution in [3.05, 3.63) is 0 Å². The van der Waals surface area contributed by atoms with Crippen LogP contribution < -0.4 is 0 Å². The lowest BCUT2D eigenvalue weighted by atomic mass is 10.1. The van der Waals surface area contributed by atoms with E-state index in [2.05, 4.69) is 0 Å². The zero-order valence-corrected chi connectivity index (χ0v) is 8.33. The van der Waals surface area contributed by atoms with Crippen LogP contribution in [0.4, 0.5) is 0 Å². The van der Waals surface area contributed by atoms with Crippen LogP contribution in [0, 0.1) is 5.92 Å². The molecule has 11 heavy (non-hydrogen) atoms. The minimum Gasteiger partial charge on any atom is -0.387 e. The maximum absolute atomic E-state index is 10.8. The Morgan fingerprint density at radius 3 is 2.36 bits per heavy atom. The van der Waals surface area contributed by atoms with Crippen LogP contribution in [-0.2, 0) is 9.09 Å². The predicted octanol–water partition coefficient (Wildman–Crippen LogP) is 1.86. The summed E-state index contributed by atoms with van der Waals surface area (Å²) >= 11 is 0. The van der Waals surface area contributed by atoms with E-state index in [-0.39, 0.29) is 12.5 Å². The van der Waals surface area contributed by atoms with E-state index < -0.39 is 8.03 Å². The van der Waals surface area contributed by atoms with Crippen molar-refractivity contribution in [2.75, 3.05) is 6.35 Å². The second-order valence-electron chi connectivity index (χ2n) is 2.84. The van der Waals surface area contributed by atoms with Gasteiger partial charge in [-0.2, -0.15) is 0 Å². The molecule has 0 saturated carbocycles. The van der Waals surface area contributed by atoms with Crippen LogP contribution >= 0.6 is 8.03 Å². The molecular formula is C7H17O3P. The Balaban J connectivity index is 3.78. The van der Waals surface area contributed by atoms with Crippen LogP contribution in [0.3, 0.4) is 0 Å². The van der Waals surface area contributed by atoms with Crippen molar-refractivity contribution in [2.24, 2.45) is 5.92 Å². The first-order valence-corrected chi connectivity index (χ1v) is 5.44. The van der Waals surface area contributed by atoms with E-state index in [4.69, 9.17) is 9.63 Å². The zero-order valence-electron chi connectivity index (χ0n) is 7.33. The van der Waals surface area contributed by atoms with Crippen LogP contribution in [0.1, 0.15) is 27.2 Å². The molecule has 0 fully saturated rings. The van der Waals surface area contributed by atoms with E-state index in [0.29, 0.717) is 5.92 Å². The van der Waals surface area contributed by atoms with Gasteiger partial charge in [-0.25, -0.2) is 0 Å². The minimum absolute atomic E-state index is 0.0218. The lowest BCUT2D eigenvalue weighted by Gasteiger charge is -2.18. The van der Waals surface area contributed by atoms with E-state index in [1.807, 2.05) is 20.8 Å². The van der Waals surface area contributed by atoms with Gasteiger partial charge in [0.15, 0.2) is 0 Å². The Hall–Kier alpha value is 0.150. The normalized spacial score (nSPS) is 16.8. The molecule has 0 spiro atoms. The van der Waals surface area contributed by atoms with Crippen molar-refractivity contribution >= 4 is 8.03 Å². The fourth-order valence-electron chi connectivity index (χ4n) is 0.897. The maximum Gasteiger partial charge on any atom is 0.216 e. The summed E-state index contributed by atoms with van der Waals surface area (Å²) in [5.74, 6) is 0.362. The van der Waals surface area contributed by atoms with Crippen molar-refractivity contribution in [1.29, 1.82) is 0 Å². The van der Waals surface area contributed by atoms with Gasteiger partial charge < -0.3 is 9.63 Å². The molecule has 0 aliphatic rings. The molecule has 3 nitrogen and oxygen atoms in total. The second kappa shape index (κ2) is 5.76. The third-order valence-corrected chi connectivity index (χ3v) is 2.38. The number of aliphatic hydroxyl groups is 1. The number of hydrogen-bond donors (Lipinski definition) is 1. The van der Waals surface area contributed by atoms with Gasteiger partial charge in [-0.3, -0.25) is 4.57 Å². The lowest BCUT2D eigenvalue weighted by molar-refractivity contribution is 0.151. The highest BCUT2D eigenvalue weighted by atomic mass is 31.1. The predicted molar refractivity (Wildman–Crippen MR) is 46.1 cm³/mol. The highest BCUT2D eigenvalue weighted by molar-refractivity contribution is 7.38. The average molecular weight is 180 g/mol. The Kier molecular flexibility index (Phi) is 5.83. The highest BCUT2D eigenvalue weighted by Gasteiger charge is 2.13. The molecule has 0 aliphatic heterocycles. The molecule has 0 heterocycles. The lowest BCUT2D eigenvalue weighted by Crippen LogP contribution is -2.15. The van der Waals surface area contributed by atoms with Crippen molar-refractivity contribution < 1.29 is 14.2 Å². The summed E-state index contributed by atoms with van der Waals surface area (Å²) < 4.78 is 15.9. The van der Waals surface area contributed by atoms with E-state index in [1.165, 1.54) is 0 Å². The third-order valence-electron chi connectivity index (χ3n) is 1.56. The summed E-state index contributed by atoms with van der Waals surface area (Å²) in [6, 6.07) is 0. The molecule has 0 amide bonds. The van der Waals surface area contributed by atoms with Gasteiger partial charge in [-0.05, 0) is 12.3 Å². The van der Waals surface area contributed by atoms with Crippen molar-refractivity contribution in [1.82, 2.24) is 0 Å². The standard InChI is InChI=1S/C7H17O3P/c1-4-7(6(2)3)10-11(9)5-8/h6-8,11H,4-5H2,1-3H3. The molecule has 0 aromatic heterocycles. The summed E-state index contributed by atoms with van der Waals surface area (Å²) in [7, 11) is -2.18. The summed E-state index contributed by atoms with van der Waals surface area (Å²) in [6.07, 6.45) is 0.524. The Labute approximate surface area is 68.6 Å². The van der Waals surface area contributed by atoms with E-state index in [1.54, 1.807) is 0 Å². The first kappa shape index (κ1) is 11.2. The molecule has 0 aromatic carbocycles. The van der Waals surface area contributed by atoms with Crippen LogP contribution in [0.2, 0.25) is 0 Å². The number of hydrogen-bond acceptors (Lipinski definition) is 3. The van der Waals surface area contributed by atoms with Gasteiger partial charge in [0, 0.05) is 0 Å². The molecule has 2 atom stereocenters. The molecule has 0 bridgehead atoms. The number of rotatable bonds is 5. The van der Waals surface area contributed by atoms with Crippen LogP contribution in [0.15, 0.2) is 0 Å². The molecule has 2 unspecified atom stereocenters. The highest BCUT2D eigenvalue weighted by Crippen LogP contribution is 2.27. The van der Waals surface area contributed by atoms with Crippen LogP contribution in [0.5, 0.6) is 0 Å². The monoisotopic (exact) mass is 180 g/mol. The molecule has 0 radical (unpaired) electrons. The van der Waals surface area contributed by atoms with E-state index in [9.17, 15) is 4.57 Å². The zero-order chi connectivity index (χ0) is 8.85. The molecule has 68 valence electrons. The first-order chi connectivity index (χ1) is 5.11. The largest absolute Gasteiger partial charge is 0.387 e. The summed E-state index contributed by atoms with van der Waals surface area (Å²) in [5, 5.41) is 8.47. The molecule has 0 saturated heterocycles. The smallest absolute Gasteiger partial charge is 0.216 e. The maximum atomic E-state index is 10.8. The van der Waals surface area contributed by atoms with Gasteiger partial charge in [0.05, 0.1) is 6.10 Å². The molecule has 0 aromatic rings. The van der Waals surface area contributed by atoms with Gasteiger partial charge in [-0.1, -0.05) is 20.8 Å². The number of aliphatic hydroxyl groups excluding tert-OH is 1. The topological polar surface area (TPSA) is 46.5 Å². The fraction of sp³-hybridized carbons (Fsp3) is 1.00. The van der Waals surface area contributed by atoms with Gasteiger partial charge in [0.2, 0.25) is 8.03 Å². The SMILES string of the molecule is CCC(O[PH](=O)CO)C(C)C. The molecular weight excluding hydrogens is 163 g/mol. The van der Waals surface area contributed by atoms with Gasteiger partial charge in [-0.15, -0.1) is 0 Å². The van der Waals surface area contributed by atoms with Crippen molar-refractivity contribution in [2.45, 2.75) is 33.3 Å². The second-order valence-corrected chi connectivity index (χ2v) is 4.13. The van der Waals surface area contributed by atoms with Gasteiger partial charge >= 0.3 is 0 Å². The summed E-state index contributed by atoms with van der Waals surface area (Å²) in [5.41, 5.74) is 0. The third kappa shape index (κ3) is 4.57. The molecule has 1 N–H and O–H groups in total. The van der Waals surface area contributed by atoms with Crippen LogP contribution in [-0.4, -0.2) is 17.6 Å². The molecule has 0 aliphatic carbocycles. The Morgan fingerprint density at radius 1 is 1.55 bits per heavy atom.